The third kappa shape index (κ3) is 7.19. The summed E-state index contributed by atoms with van der Waals surface area (Å²) in [4.78, 5) is 11.4. The van der Waals surface area contributed by atoms with Crippen LogP contribution in [0.1, 0.15) is 29.7 Å². The number of ether oxygens (including phenoxy) is 1. The Bertz CT molecular complexity index is 862. The number of anilines is 1. The molecule has 164 valence electrons. The van der Waals surface area contributed by atoms with Crippen molar-refractivity contribution in [3.63, 3.8) is 0 Å². The highest BCUT2D eigenvalue weighted by Gasteiger charge is 2.34. The van der Waals surface area contributed by atoms with Gasteiger partial charge in [0.15, 0.2) is 0 Å². The predicted octanol–water partition coefficient (Wildman–Crippen LogP) is 4.20. The zero-order valence-electron chi connectivity index (χ0n) is 16.6. The summed E-state index contributed by atoms with van der Waals surface area (Å²) in [6.07, 6.45) is -5.81. The first-order valence-electron chi connectivity index (χ1n) is 9.28. The summed E-state index contributed by atoms with van der Waals surface area (Å²) in [6.45, 7) is 2.43. The summed E-state index contributed by atoms with van der Waals surface area (Å²) in [5, 5.41) is 16.8. The summed E-state index contributed by atoms with van der Waals surface area (Å²) in [5.41, 5.74) is -0.0724. The molecule has 2 unspecified atom stereocenters. The number of carbonyl (C=O) groups excluding carboxylic acids is 1. The lowest BCUT2D eigenvalue weighted by Gasteiger charge is -2.20. The Hall–Kier alpha value is -2.29. The van der Waals surface area contributed by atoms with Crippen LogP contribution in [0.5, 0.6) is 0 Å². The molecule has 0 spiro atoms. The van der Waals surface area contributed by atoms with E-state index in [4.69, 9.17) is 11.6 Å². The summed E-state index contributed by atoms with van der Waals surface area (Å²) >= 11 is 5.91. The van der Waals surface area contributed by atoms with Crippen LogP contribution in [0, 0.1) is 0 Å². The van der Waals surface area contributed by atoms with Gasteiger partial charge in [0.1, 0.15) is 0 Å². The molecule has 0 aliphatic heterocycles. The molecule has 0 aromatic heterocycles. The number of halogens is 4. The monoisotopic (exact) mass is 444 g/mol. The number of esters is 1. The summed E-state index contributed by atoms with van der Waals surface area (Å²) in [5.74, 6) is -0.739. The van der Waals surface area contributed by atoms with E-state index in [9.17, 15) is 23.1 Å². The number of hydrogen-bond acceptors (Lipinski definition) is 5. The van der Waals surface area contributed by atoms with Gasteiger partial charge in [-0.1, -0.05) is 29.8 Å². The molecule has 0 radical (unpaired) electrons. The number of hydrogen-bond donors (Lipinski definition) is 3. The Kier molecular flexibility index (Phi) is 8.52. The average Bonchev–Trinajstić information content (AvgIpc) is 2.70. The van der Waals surface area contributed by atoms with E-state index in [1.165, 1.54) is 12.1 Å². The van der Waals surface area contributed by atoms with Crippen LogP contribution in [-0.2, 0) is 22.1 Å². The number of benzene rings is 2. The van der Waals surface area contributed by atoms with Gasteiger partial charge in [-0.3, -0.25) is 4.79 Å². The Morgan fingerprint density at radius 1 is 1.20 bits per heavy atom. The molecule has 5 nitrogen and oxygen atoms in total. The molecule has 0 fully saturated rings. The topological polar surface area (TPSA) is 70.6 Å². The van der Waals surface area contributed by atoms with Crippen LogP contribution in [0.25, 0.3) is 0 Å². The summed E-state index contributed by atoms with van der Waals surface area (Å²) in [7, 11) is 1.13. The fourth-order valence-electron chi connectivity index (χ4n) is 2.82. The number of nitrogens with one attached hydrogen (secondary N) is 2. The largest absolute Gasteiger partial charge is 0.469 e. The highest BCUT2D eigenvalue weighted by molar-refractivity contribution is 6.30. The first-order valence-corrected chi connectivity index (χ1v) is 9.65. The van der Waals surface area contributed by atoms with Crippen molar-refractivity contribution in [3.05, 3.63) is 64.2 Å². The molecule has 0 aliphatic rings. The first-order chi connectivity index (χ1) is 14.1. The second-order valence-corrected chi connectivity index (χ2v) is 7.32. The number of aliphatic hydroxyl groups excluding tert-OH is 1. The van der Waals surface area contributed by atoms with E-state index in [0.717, 1.165) is 13.2 Å². The standard InChI is InChI=1S/C21H24ClF3N2O3/c1-13(26-12-19(28)15-4-3-5-16(22)8-15)11-27-17-7-6-14(9-20(29)30-2)18(10-17)21(23,24)25/h3-8,10,13,19,26-28H,9,11-12H2,1-2H3. The van der Waals surface area contributed by atoms with Crippen molar-refractivity contribution in [1.29, 1.82) is 0 Å². The van der Waals surface area contributed by atoms with Crippen LogP contribution in [0.4, 0.5) is 18.9 Å². The van der Waals surface area contributed by atoms with E-state index in [1.54, 1.807) is 24.3 Å². The second-order valence-electron chi connectivity index (χ2n) is 6.88. The highest BCUT2D eigenvalue weighted by Crippen LogP contribution is 2.34. The van der Waals surface area contributed by atoms with Crippen molar-refractivity contribution in [3.8, 4) is 0 Å². The molecule has 0 aliphatic carbocycles. The van der Waals surface area contributed by atoms with Crippen LogP contribution in [0.15, 0.2) is 42.5 Å². The van der Waals surface area contributed by atoms with Crippen LogP contribution < -0.4 is 10.6 Å². The van der Waals surface area contributed by atoms with Crippen molar-refractivity contribution >= 4 is 23.3 Å². The van der Waals surface area contributed by atoms with E-state index < -0.39 is 30.2 Å². The molecule has 0 bridgehead atoms. The second kappa shape index (κ2) is 10.7. The van der Waals surface area contributed by atoms with Crippen LogP contribution in [0.2, 0.25) is 5.02 Å². The van der Waals surface area contributed by atoms with Crippen LogP contribution >= 0.6 is 11.6 Å². The number of aliphatic hydroxyl groups is 1. The number of methoxy groups -OCH3 is 1. The van der Waals surface area contributed by atoms with E-state index in [-0.39, 0.29) is 23.8 Å². The minimum absolute atomic E-state index is 0.136. The minimum atomic E-state index is -4.59. The van der Waals surface area contributed by atoms with E-state index in [1.807, 2.05) is 6.92 Å². The lowest BCUT2D eigenvalue weighted by molar-refractivity contribution is -0.141. The molecule has 2 atom stereocenters. The first kappa shape index (κ1) is 24.0. The molecule has 3 N–H and O–H groups in total. The van der Waals surface area contributed by atoms with Gasteiger partial charge in [-0.15, -0.1) is 0 Å². The van der Waals surface area contributed by atoms with Crippen molar-refractivity contribution in [1.82, 2.24) is 5.32 Å². The predicted molar refractivity (Wildman–Crippen MR) is 110 cm³/mol. The molecular formula is C21H24ClF3N2O3. The Morgan fingerprint density at radius 2 is 1.93 bits per heavy atom. The third-order valence-electron chi connectivity index (χ3n) is 4.48. The normalized spacial score (nSPS) is 13.6. The van der Waals surface area contributed by atoms with Gasteiger partial charge in [0.25, 0.3) is 0 Å². The maximum atomic E-state index is 13.4. The van der Waals surface area contributed by atoms with Gasteiger partial charge in [-0.05, 0) is 42.3 Å². The van der Waals surface area contributed by atoms with Gasteiger partial charge in [0.05, 0.1) is 25.2 Å². The molecule has 30 heavy (non-hydrogen) atoms. The molecule has 0 heterocycles. The van der Waals surface area contributed by atoms with Crippen molar-refractivity contribution < 1.29 is 27.8 Å². The maximum Gasteiger partial charge on any atom is 0.416 e. The maximum absolute atomic E-state index is 13.4. The van der Waals surface area contributed by atoms with Crippen LogP contribution in [-0.4, -0.2) is 37.3 Å². The van der Waals surface area contributed by atoms with Crippen molar-refractivity contribution in [2.75, 3.05) is 25.5 Å². The quantitative estimate of drug-likeness (QED) is 0.506. The van der Waals surface area contributed by atoms with Gasteiger partial charge in [0, 0.05) is 29.8 Å². The number of rotatable bonds is 9. The molecule has 9 heteroatoms. The zero-order valence-corrected chi connectivity index (χ0v) is 17.3. The minimum Gasteiger partial charge on any atom is -0.469 e. The number of alkyl halides is 3. The van der Waals surface area contributed by atoms with Gasteiger partial charge < -0.3 is 20.5 Å². The highest BCUT2D eigenvalue weighted by atomic mass is 35.5. The fourth-order valence-corrected chi connectivity index (χ4v) is 3.02. The molecule has 2 aromatic rings. The lowest BCUT2D eigenvalue weighted by atomic mass is 10.0. The SMILES string of the molecule is COC(=O)Cc1ccc(NCC(C)NCC(O)c2cccc(Cl)c2)cc1C(F)(F)F. The fraction of sp³-hybridized carbons (Fsp3) is 0.381. The summed E-state index contributed by atoms with van der Waals surface area (Å²) in [6, 6.07) is 10.5. The molecule has 0 saturated heterocycles. The Labute approximate surface area is 178 Å². The molecular weight excluding hydrogens is 421 g/mol. The molecule has 2 rings (SSSR count). The zero-order chi connectivity index (χ0) is 22.3. The van der Waals surface area contributed by atoms with E-state index in [0.29, 0.717) is 17.1 Å². The third-order valence-corrected chi connectivity index (χ3v) is 4.72. The van der Waals surface area contributed by atoms with Crippen LogP contribution in [0.3, 0.4) is 0 Å². The molecule has 2 aromatic carbocycles. The van der Waals surface area contributed by atoms with Gasteiger partial charge in [-0.2, -0.15) is 13.2 Å². The van der Waals surface area contributed by atoms with Crippen molar-refractivity contribution in [2.45, 2.75) is 31.7 Å². The van der Waals surface area contributed by atoms with Gasteiger partial charge in [0.2, 0.25) is 0 Å². The number of carbonyl (C=O) groups is 1. The Balaban J connectivity index is 1.95. The molecule has 0 amide bonds. The Morgan fingerprint density at radius 3 is 2.57 bits per heavy atom. The van der Waals surface area contributed by atoms with Gasteiger partial charge in [-0.25, -0.2) is 0 Å². The van der Waals surface area contributed by atoms with Crippen molar-refractivity contribution in [2.24, 2.45) is 0 Å². The lowest BCUT2D eigenvalue weighted by Crippen LogP contribution is -2.35. The molecule has 0 saturated carbocycles. The van der Waals surface area contributed by atoms with E-state index in [2.05, 4.69) is 15.4 Å². The van der Waals surface area contributed by atoms with E-state index >= 15 is 0 Å². The van der Waals surface area contributed by atoms with Gasteiger partial charge >= 0.3 is 12.1 Å². The smallest absolute Gasteiger partial charge is 0.416 e. The average molecular weight is 445 g/mol. The summed E-state index contributed by atoms with van der Waals surface area (Å²) < 4.78 is 44.5.